The Labute approximate surface area is 128 Å². The predicted molar refractivity (Wildman–Crippen MR) is 78.5 cm³/mol. The molecule has 1 aromatic heterocycles. The lowest BCUT2D eigenvalue weighted by Crippen LogP contribution is -2.45. The monoisotopic (exact) mass is 388 g/mol. The molecule has 0 saturated carbocycles. The van der Waals surface area contributed by atoms with Crippen molar-refractivity contribution in [3.8, 4) is 0 Å². The van der Waals surface area contributed by atoms with E-state index in [1.165, 1.54) is 0 Å². The number of imide groups is 1. The number of aromatic nitrogens is 1. The van der Waals surface area contributed by atoms with Crippen molar-refractivity contribution in [2.45, 2.75) is 32.1 Å². The van der Waals surface area contributed by atoms with Crippen LogP contribution in [0, 0.1) is 5.92 Å². The van der Waals surface area contributed by atoms with E-state index in [-0.39, 0.29) is 23.7 Å². The van der Waals surface area contributed by atoms with Crippen LogP contribution in [0.25, 0.3) is 0 Å². The van der Waals surface area contributed by atoms with E-state index in [1.54, 1.807) is 6.20 Å². The van der Waals surface area contributed by atoms with Gasteiger partial charge in [0.05, 0.1) is 5.69 Å². The van der Waals surface area contributed by atoms with E-state index in [9.17, 15) is 9.59 Å². The molecule has 2 unspecified atom stereocenters. The summed E-state index contributed by atoms with van der Waals surface area (Å²) in [5.74, 6) is -0.741. The van der Waals surface area contributed by atoms with Crippen LogP contribution in [0.3, 0.4) is 0 Å². The van der Waals surface area contributed by atoms with Crippen LogP contribution in [0.4, 0.5) is 0 Å². The van der Waals surface area contributed by atoms with Crippen molar-refractivity contribution in [2.24, 2.45) is 5.92 Å². The topological polar surface area (TPSA) is 59.1 Å². The summed E-state index contributed by atoms with van der Waals surface area (Å²) in [6.07, 6.45) is 3.66. The van der Waals surface area contributed by atoms with Crippen LogP contribution < -0.4 is 5.32 Å². The molecule has 4 nitrogen and oxygen atoms in total. The molecule has 0 radical (unpaired) electrons. The Morgan fingerprint density at radius 3 is 2.79 bits per heavy atom. The minimum Gasteiger partial charge on any atom is -0.296 e. The zero-order valence-electron chi connectivity index (χ0n) is 10.5. The van der Waals surface area contributed by atoms with Gasteiger partial charge in [-0.15, -0.1) is 0 Å². The van der Waals surface area contributed by atoms with Crippen molar-refractivity contribution in [1.82, 2.24) is 10.3 Å². The highest BCUT2D eigenvalue weighted by molar-refractivity contribution is 9.11. The molecular formula is C13H14Br2N2O2. The molecule has 2 amide bonds. The Morgan fingerprint density at radius 1 is 1.42 bits per heavy atom. The van der Waals surface area contributed by atoms with E-state index in [1.807, 2.05) is 13.0 Å². The second-order valence-electron chi connectivity index (χ2n) is 4.64. The number of carbonyl (C=O) groups is 2. The fraction of sp³-hybridized carbons (Fsp3) is 0.462. The van der Waals surface area contributed by atoms with Gasteiger partial charge in [-0.1, -0.05) is 13.3 Å². The average Bonchev–Trinajstić information content (AvgIpc) is 2.32. The number of rotatable bonds is 3. The summed E-state index contributed by atoms with van der Waals surface area (Å²) >= 11 is 6.82. The van der Waals surface area contributed by atoms with E-state index in [4.69, 9.17) is 0 Å². The molecule has 6 heteroatoms. The van der Waals surface area contributed by atoms with Gasteiger partial charge in [0.2, 0.25) is 11.8 Å². The molecule has 1 aliphatic heterocycles. The Morgan fingerprint density at radius 2 is 2.16 bits per heavy atom. The van der Waals surface area contributed by atoms with E-state index in [0.717, 1.165) is 27.5 Å². The number of pyridine rings is 1. The third kappa shape index (κ3) is 3.23. The summed E-state index contributed by atoms with van der Waals surface area (Å²) in [5, 5.41) is 2.41. The minimum absolute atomic E-state index is 0.149. The summed E-state index contributed by atoms with van der Waals surface area (Å²) in [7, 11) is 0. The average molecular weight is 390 g/mol. The first kappa shape index (κ1) is 14.7. The normalized spacial score (nSPS) is 23.3. The highest BCUT2D eigenvalue weighted by Gasteiger charge is 2.37. The van der Waals surface area contributed by atoms with Crippen molar-refractivity contribution in [1.29, 1.82) is 0 Å². The Kier molecular flexibility index (Phi) is 4.73. The number of carbonyl (C=O) groups excluding carboxylic acids is 2. The molecule has 1 aromatic rings. The van der Waals surface area contributed by atoms with Gasteiger partial charge in [0.15, 0.2) is 0 Å². The molecule has 19 heavy (non-hydrogen) atoms. The second kappa shape index (κ2) is 6.13. The second-order valence-corrected chi connectivity index (χ2v) is 6.41. The number of hydrogen-bond acceptors (Lipinski definition) is 3. The highest BCUT2D eigenvalue weighted by atomic mass is 79.9. The fourth-order valence-corrected chi connectivity index (χ4v) is 3.72. The fourth-order valence-electron chi connectivity index (χ4n) is 2.43. The summed E-state index contributed by atoms with van der Waals surface area (Å²) in [6.45, 7) is 2.03. The van der Waals surface area contributed by atoms with Crippen molar-refractivity contribution in [3.05, 3.63) is 26.9 Å². The van der Waals surface area contributed by atoms with Crippen LogP contribution >= 0.6 is 31.9 Å². The van der Waals surface area contributed by atoms with Crippen LogP contribution in [0.2, 0.25) is 0 Å². The lowest BCUT2D eigenvalue weighted by atomic mass is 9.80. The quantitative estimate of drug-likeness (QED) is 0.807. The lowest BCUT2D eigenvalue weighted by Gasteiger charge is -2.30. The lowest BCUT2D eigenvalue weighted by molar-refractivity contribution is -0.137. The molecular weight excluding hydrogens is 376 g/mol. The molecule has 0 spiro atoms. The van der Waals surface area contributed by atoms with Crippen molar-refractivity contribution < 1.29 is 9.59 Å². The number of piperidine rings is 1. The Balaban J connectivity index is 2.37. The molecule has 1 aliphatic rings. The SMILES string of the molecule is CCCC1C(=O)NC(=O)CC1c1ncc(Br)cc1Br. The van der Waals surface area contributed by atoms with E-state index < -0.39 is 0 Å². The van der Waals surface area contributed by atoms with E-state index >= 15 is 0 Å². The first-order valence-electron chi connectivity index (χ1n) is 6.17. The third-order valence-corrected chi connectivity index (χ3v) is 4.35. The molecule has 2 rings (SSSR count). The Bertz CT molecular complexity index is 519. The van der Waals surface area contributed by atoms with Crippen LogP contribution in [0.1, 0.15) is 37.8 Å². The van der Waals surface area contributed by atoms with Gasteiger partial charge in [0.1, 0.15) is 0 Å². The zero-order valence-corrected chi connectivity index (χ0v) is 13.6. The number of nitrogens with one attached hydrogen (secondary N) is 1. The van der Waals surface area contributed by atoms with Gasteiger partial charge >= 0.3 is 0 Å². The summed E-state index contributed by atoms with van der Waals surface area (Å²) in [5.41, 5.74) is 0.782. The van der Waals surface area contributed by atoms with Gasteiger partial charge in [-0.25, -0.2) is 0 Å². The molecule has 0 aliphatic carbocycles. The summed E-state index contributed by atoms with van der Waals surface area (Å²) in [6, 6.07) is 1.89. The predicted octanol–water partition coefficient (Wildman–Crippen LogP) is 3.15. The van der Waals surface area contributed by atoms with Gasteiger partial charge in [0.25, 0.3) is 0 Å². The largest absolute Gasteiger partial charge is 0.296 e. The van der Waals surface area contributed by atoms with Gasteiger partial charge in [0, 0.05) is 33.4 Å². The third-order valence-electron chi connectivity index (χ3n) is 3.28. The number of halogens is 2. The van der Waals surface area contributed by atoms with Crippen molar-refractivity contribution in [2.75, 3.05) is 0 Å². The smallest absolute Gasteiger partial charge is 0.230 e. The summed E-state index contributed by atoms with van der Waals surface area (Å²) < 4.78 is 1.69. The molecule has 1 fully saturated rings. The molecule has 1 N–H and O–H groups in total. The maximum Gasteiger partial charge on any atom is 0.230 e. The van der Waals surface area contributed by atoms with Gasteiger partial charge in [-0.2, -0.15) is 0 Å². The maximum absolute atomic E-state index is 12.0. The first-order chi connectivity index (χ1) is 9.02. The molecule has 2 heterocycles. The van der Waals surface area contributed by atoms with Gasteiger partial charge < -0.3 is 0 Å². The molecule has 0 bridgehead atoms. The van der Waals surface area contributed by atoms with Crippen molar-refractivity contribution in [3.63, 3.8) is 0 Å². The van der Waals surface area contributed by atoms with Crippen LogP contribution in [-0.2, 0) is 9.59 Å². The zero-order chi connectivity index (χ0) is 14.0. The van der Waals surface area contributed by atoms with E-state index in [2.05, 4.69) is 42.2 Å². The minimum atomic E-state index is -0.223. The van der Waals surface area contributed by atoms with Crippen molar-refractivity contribution >= 4 is 43.7 Å². The number of hydrogen-bond donors (Lipinski definition) is 1. The van der Waals surface area contributed by atoms with Crippen LogP contribution in [0.15, 0.2) is 21.2 Å². The number of amides is 2. The molecule has 0 aromatic carbocycles. The van der Waals surface area contributed by atoms with E-state index in [0.29, 0.717) is 6.42 Å². The van der Waals surface area contributed by atoms with Gasteiger partial charge in [-0.05, 0) is 44.3 Å². The standard InChI is InChI=1S/C13H14Br2N2O2/c1-2-3-8-9(5-11(18)17-13(8)19)12-10(15)4-7(14)6-16-12/h4,6,8-9H,2-3,5H2,1H3,(H,17,18,19). The Hall–Kier alpha value is -0.750. The van der Waals surface area contributed by atoms with Crippen LogP contribution in [-0.4, -0.2) is 16.8 Å². The molecule has 102 valence electrons. The molecule has 2 atom stereocenters. The summed E-state index contributed by atoms with van der Waals surface area (Å²) in [4.78, 5) is 28.0. The first-order valence-corrected chi connectivity index (χ1v) is 7.76. The number of nitrogens with zero attached hydrogens (tertiary/aromatic N) is 1. The molecule has 1 saturated heterocycles. The van der Waals surface area contributed by atoms with Gasteiger partial charge in [-0.3, -0.25) is 19.9 Å². The van der Waals surface area contributed by atoms with Crippen LogP contribution in [0.5, 0.6) is 0 Å². The highest BCUT2D eigenvalue weighted by Crippen LogP contribution is 2.37. The maximum atomic E-state index is 12.0.